The molecule has 0 radical (unpaired) electrons. The summed E-state index contributed by atoms with van der Waals surface area (Å²) in [6, 6.07) is 2.05. The number of H-pyrrole nitrogens is 1. The van der Waals surface area contributed by atoms with Gasteiger partial charge in [-0.3, -0.25) is 4.57 Å². The van der Waals surface area contributed by atoms with Gasteiger partial charge in [0, 0.05) is 6.20 Å². The van der Waals surface area contributed by atoms with Crippen LogP contribution < -0.4 is 0 Å². The van der Waals surface area contributed by atoms with Gasteiger partial charge in [0.2, 0.25) is 0 Å². The molecule has 0 aliphatic carbocycles. The van der Waals surface area contributed by atoms with E-state index in [0.29, 0.717) is 24.5 Å². The average Bonchev–Trinajstić information content (AvgIpc) is 2.64. The van der Waals surface area contributed by atoms with Crippen molar-refractivity contribution < 1.29 is 4.74 Å². The zero-order chi connectivity index (χ0) is 13.0. The van der Waals surface area contributed by atoms with Gasteiger partial charge in [0.15, 0.2) is 10.4 Å². The normalized spacial score (nSPS) is 10.9. The lowest BCUT2D eigenvalue weighted by Crippen LogP contribution is -2.07. The van der Waals surface area contributed by atoms with Crippen molar-refractivity contribution in [3.8, 4) is 0 Å². The third-order valence-corrected chi connectivity index (χ3v) is 2.99. The molecule has 0 bridgehead atoms. The topological polar surface area (TPSA) is 42.8 Å². The molecule has 0 amide bonds. The zero-order valence-corrected chi connectivity index (χ0v) is 11.3. The predicted octanol–water partition coefficient (Wildman–Crippen LogP) is 3.00. The van der Waals surface area contributed by atoms with E-state index in [0.717, 1.165) is 23.1 Å². The molecule has 0 aliphatic heterocycles. The van der Waals surface area contributed by atoms with E-state index in [4.69, 9.17) is 17.0 Å². The lowest BCUT2D eigenvalue weighted by atomic mass is 10.3. The van der Waals surface area contributed by atoms with Crippen LogP contribution in [0.3, 0.4) is 0 Å². The number of pyridine rings is 1. The van der Waals surface area contributed by atoms with Crippen molar-refractivity contribution in [3.05, 3.63) is 35.3 Å². The van der Waals surface area contributed by atoms with Crippen molar-refractivity contribution >= 4 is 23.4 Å². The molecule has 0 fully saturated rings. The van der Waals surface area contributed by atoms with Crippen molar-refractivity contribution in [2.75, 3.05) is 13.2 Å². The Hall–Kier alpha value is -1.46. The maximum Gasteiger partial charge on any atom is 0.179 e. The average molecular weight is 263 g/mol. The van der Waals surface area contributed by atoms with E-state index < -0.39 is 0 Å². The third kappa shape index (κ3) is 2.86. The van der Waals surface area contributed by atoms with Crippen LogP contribution in [-0.2, 0) is 11.3 Å². The van der Waals surface area contributed by atoms with E-state index >= 15 is 0 Å². The molecule has 2 aromatic rings. The van der Waals surface area contributed by atoms with Crippen LogP contribution >= 0.6 is 12.2 Å². The Bertz CT molecular complexity index is 600. The number of aromatic nitrogens is 3. The minimum atomic E-state index is 0.630. The van der Waals surface area contributed by atoms with Crippen molar-refractivity contribution in [1.29, 1.82) is 0 Å². The summed E-state index contributed by atoms with van der Waals surface area (Å²) in [7, 11) is 0. The van der Waals surface area contributed by atoms with Crippen LogP contribution in [0.1, 0.15) is 12.0 Å². The summed E-state index contributed by atoms with van der Waals surface area (Å²) in [5.41, 5.74) is 2.98. The second kappa shape index (κ2) is 5.93. The quantitative estimate of drug-likeness (QED) is 0.495. The second-order valence-electron chi connectivity index (χ2n) is 4.16. The van der Waals surface area contributed by atoms with Crippen LogP contribution in [0, 0.1) is 11.7 Å². The number of hydrogen-bond donors (Lipinski definition) is 1. The highest BCUT2D eigenvalue weighted by Gasteiger charge is 2.05. The molecule has 0 unspecified atom stereocenters. The minimum absolute atomic E-state index is 0.630. The van der Waals surface area contributed by atoms with Crippen LogP contribution in [-0.4, -0.2) is 27.7 Å². The molecule has 0 saturated carbocycles. The first-order valence-corrected chi connectivity index (χ1v) is 6.37. The molecule has 0 aliphatic rings. The standard InChI is InChI=1S/C13H17N3OS/c1-3-4-6-17-7-5-16-12-11(15-13(16)18)8-10(2)9-14-12/h3,8-9H,1,4-7H2,2H3,(H,15,18). The number of imidazole rings is 1. The van der Waals surface area contributed by atoms with Crippen LogP contribution in [0.2, 0.25) is 0 Å². The molecule has 1 N–H and O–H groups in total. The van der Waals surface area contributed by atoms with Crippen LogP contribution in [0.15, 0.2) is 24.9 Å². The van der Waals surface area contributed by atoms with E-state index in [2.05, 4.69) is 16.5 Å². The summed E-state index contributed by atoms with van der Waals surface area (Å²) in [6.45, 7) is 7.71. The van der Waals surface area contributed by atoms with E-state index in [1.54, 1.807) is 0 Å². The maximum atomic E-state index is 5.49. The molecule has 5 heteroatoms. The molecular weight excluding hydrogens is 246 g/mol. The number of aryl methyl sites for hydroxylation is 1. The molecule has 96 valence electrons. The van der Waals surface area contributed by atoms with E-state index in [-0.39, 0.29) is 0 Å². The molecule has 2 heterocycles. The summed E-state index contributed by atoms with van der Waals surface area (Å²) < 4.78 is 8.16. The number of hydrogen-bond acceptors (Lipinski definition) is 3. The minimum Gasteiger partial charge on any atom is -0.379 e. The molecule has 18 heavy (non-hydrogen) atoms. The first kappa shape index (κ1) is 13.0. The zero-order valence-electron chi connectivity index (χ0n) is 10.5. The molecular formula is C13H17N3OS. The fraction of sp³-hybridized carbons (Fsp3) is 0.385. The van der Waals surface area contributed by atoms with Crippen LogP contribution in [0.5, 0.6) is 0 Å². The Morgan fingerprint density at radius 1 is 1.56 bits per heavy atom. The fourth-order valence-corrected chi connectivity index (χ4v) is 2.07. The summed E-state index contributed by atoms with van der Waals surface area (Å²) in [6.07, 6.45) is 4.57. The molecule has 0 atom stereocenters. The third-order valence-electron chi connectivity index (χ3n) is 2.67. The monoisotopic (exact) mass is 263 g/mol. The van der Waals surface area contributed by atoms with E-state index in [9.17, 15) is 0 Å². The summed E-state index contributed by atoms with van der Waals surface area (Å²) in [5, 5.41) is 0. The van der Waals surface area contributed by atoms with Crippen molar-refractivity contribution in [3.63, 3.8) is 0 Å². The molecule has 2 aromatic heterocycles. The number of nitrogens with one attached hydrogen (secondary N) is 1. The van der Waals surface area contributed by atoms with Gasteiger partial charge in [-0.2, -0.15) is 0 Å². The number of ether oxygens (including phenoxy) is 1. The van der Waals surface area contributed by atoms with Gasteiger partial charge in [-0.1, -0.05) is 6.08 Å². The van der Waals surface area contributed by atoms with E-state index in [1.165, 1.54) is 0 Å². The number of fused-ring (bicyclic) bond motifs is 1. The van der Waals surface area contributed by atoms with Crippen molar-refractivity contribution in [2.24, 2.45) is 0 Å². The summed E-state index contributed by atoms with van der Waals surface area (Å²) in [4.78, 5) is 7.57. The molecule has 4 nitrogen and oxygen atoms in total. The first-order valence-electron chi connectivity index (χ1n) is 5.96. The smallest absolute Gasteiger partial charge is 0.179 e. The van der Waals surface area contributed by atoms with Gasteiger partial charge >= 0.3 is 0 Å². The van der Waals surface area contributed by atoms with Crippen LogP contribution in [0.25, 0.3) is 11.2 Å². The van der Waals surface area contributed by atoms with Gasteiger partial charge in [0.25, 0.3) is 0 Å². The largest absolute Gasteiger partial charge is 0.379 e. The Morgan fingerprint density at radius 2 is 2.39 bits per heavy atom. The van der Waals surface area contributed by atoms with Gasteiger partial charge in [-0.25, -0.2) is 4.98 Å². The van der Waals surface area contributed by atoms with Crippen molar-refractivity contribution in [2.45, 2.75) is 19.9 Å². The fourth-order valence-electron chi connectivity index (χ4n) is 1.78. The van der Waals surface area contributed by atoms with Gasteiger partial charge in [-0.15, -0.1) is 6.58 Å². The second-order valence-corrected chi connectivity index (χ2v) is 4.54. The lowest BCUT2D eigenvalue weighted by molar-refractivity contribution is 0.131. The van der Waals surface area contributed by atoms with Gasteiger partial charge in [-0.05, 0) is 37.2 Å². The highest BCUT2D eigenvalue weighted by Crippen LogP contribution is 2.12. The Kier molecular flexibility index (Phi) is 4.28. The maximum absolute atomic E-state index is 5.49. The molecule has 2 rings (SSSR count). The molecule has 0 aromatic carbocycles. The summed E-state index contributed by atoms with van der Waals surface area (Å²) >= 11 is 5.29. The lowest BCUT2D eigenvalue weighted by Gasteiger charge is -2.04. The molecule has 0 spiro atoms. The predicted molar refractivity (Wildman–Crippen MR) is 75.3 cm³/mol. The number of rotatable bonds is 6. The number of nitrogens with zero attached hydrogens (tertiary/aromatic N) is 2. The highest BCUT2D eigenvalue weighted by atomic mass is 32.1. The molecule has 0 saturated heterocycles. The summed E-state index contributed by atoms with van der Waals surface area (Å²) in [5.74, 6) is 0. The van der Waals surface area contributed by atoms with Crippen LogP contribution in [0.4, 0.5) is 0 Å². The SMILES string of the molecule is C=CCCOCCn1c(=S)[nH]c2cc(C)cnc21. The first-order chi connectivity index (χ1) is 8.72. The van der Waals surface area contributed by atoms with Gasteiger partial charge < -0.3 is 9.72 Å². The van der Waals surface area contributed by atoms with Crippen molar-refractivity contribution in [1.82, 2.24) is 14.5 Å². The highest BCUT2D eigenvalue weighted by molar-refractivity contribution is 7.71. The Morgan fingerprint density at radius 3 is 3.17 bits per heavy atom. The van der Waals surface area contributed by atoms with E-state index in [1.807, 2.05) is 29.8 Å². The number of aromatic amines is 1. The Labute approximate surface area is 111 Å². The van der Waals surface area contributed by atoms with Gasteiger partial charge in [0.1, 0.15) is 0 Å². The van der Waals surface area contributed by atoms with Gasteiger partial charge in [0.05, 0.1) is 25.3 Å². The Balaban J connectivity index is 2.10.